The molecule has 17 heteroatoms. The predicted molar refractivity (Wildman–Crippen MR) is 219 cm³/mol. The van der Waals surface area contributed by atoms with Crippen molar-refractivity contribution in [1.29, 1.82) is 21.0 Å². The predicted octanol–water partition coefficient (Wildman–Crippen LogP) is 9.62. The van der Waals surface area contributed by atoms with Crippen LogP contribution in [0.5, 0.6) is 0 Å². The Hall–Kier alpha value is -8.35. The Balaban J connectivity index is 1.40. The lowest BCUT2D eigenvalue weighted by atomic mass is 10.2. The fourth-order valence-electron chi connectivity index (χ4n) is 6.36. The second-order valence-electron chi connectivity index (χ2n) is 12.5. The van der Waals surface area contributed by atoms with Crippen molar-refractivity contribution in [3.05, 3.63) is 120 Å². The highest BCUT2D eigenvalue weighted by Crippen LogP contribution is 2.50. The van der Waals surface area contributed by atoms with E-state index >= 15 is 0 Å². The van der Waals surface area contributed by atoms with Gasteiger partial charge in [0.05, 0.1) is 40.9 Å². The summed E-state index contributed by atoms with van der Waals surface area (Å²) in [5.41, 5.74) is 1.68. The molecule has 3 aromatic carbocycles. The molecule has 15 nitrogen and oxygen atoms in total. The molecule has 8 aromatic rings. The summed E-state index contributed by atoms with van der Waals surface area (Å²) in [7, 11) is 0. The van der Waals surface area contributed by atoms with Crippen molar-refractivity contribution < 1.29 is 28.6 Å². The number of aliphatic imine (C=N–C) groups is 2. The summed E-state index contributed by atoms with van der Waals surface area (Å²) in [6, 6.07) is 36.7. The molecule has 0 fully saturated rings. The van der Waals surface area contributed by atoms with E-state index in [4.69, 9.17) is 14.2 Å². The van der Waals surface area contributed by atoms with Crippen molar-refractivity contribution in [2.24, 2.45) is 9.98 Å². The summed E-state index contributed by atoms with van der Waals surface area (Å²) in [6.07, 6.45) is -2.72. The zero-order valence-electron chi connectivity index (χ0n) is 30.2. The third-order valence-electron chi connectivity index (χ3n) is 8.89. The molecule has 0 saturated carbocycles. The first-order chi connectivity index (χ1) is 28.8. The minimum Gasteiger partial charge on any atom is -0.444 e. The number of ether oxygens (including phenoxy) is 3. The summed E-state index contributed by atoms with van der Waals surface area (Å²) < 4.78 is 22.7. The van der Waals surface area contributed by atoms with E-state index in [0.717, 1.165) is 9.13 Å². The van der Waals surface area contributed by atoms with Gasteiger partial charge in [-0.2, -0.15) is 21.0 Å². The van der Waals surface area contributed by atoms with Crippen LogP contribution in [0.1, 0.15) is 16.7 Å². The Labute approximate surface area is 340 Å². The van der Waals surface area contributed by atoms with Crippen LogP contribution < -0.4 is 0 Å². The van der Waals surface area contributed by atoms with Crippen LogP contribution in [0.15, 0.2) is 113 Å². The first-order valence-corrected chi connectivity index (χ1v) is 19.0. The monoisotopic (exact) mass is 813 g/mol. The number of nitriles is 4. The van der Waals surface area contributed by atoms with Crippen LogP contribution in [0.2, 0.25) is 0 Å². The van der Waals surface area contributed by atoms with E-state index in [1.54, 1.807) is 97.1 Å². The molecule has 0 saturated heterocycles. The molecule has 0 N–H and O–H groups in total. The van der Waals surface area contributed by atoms with Gasteiger partial charge in [-0.3, -0.25) is 0 Å². The number of carbonyl (C=O) groups is 3. The van der Waals surface area contributed by atoms with Crippen molar-refractivity contribution in [3.8, 4) is 24.3 Å². The lowest BCUT2D eigenvalue weighted by Gasteiger charge is -2.11. The van der Waals surface area contributed by atoms with Crippen LogP contribution in [-0.2, 0) is 34.0 Å². The van der Waals surface area contributed by atoms with E-state index in [2.05, 4.69) is 9.98 Å². The summed E-state index contributed by atoms with van der Waals surface area (Å²) in [5, 5.41) is 38.4. The number of fused-ring (bicyclic) bond motifs is 7. The second-order valence-corrected chi connectivity index (χ2v) is 14.6. The molecular formula is C42H23N9O6S2. The summed E-state index contributed by atoms with van der Waals surface area (Å²) >= 11 is 2.39. The van der Waals surface area contributed by atoms with Crippen molar-refractivity contribution in [1.82, 2.24) is 13.7 Å². The molecule has 0 unspecified atom stereocenters. The third-order valence-corrected chi connectivity index (χ3v) is 11.3. The van der Waals surface area contributed by atoms with Crippen LogP contribution in [0, 0.1) is 45.3 Å². The summed E-state index contributed by atoms with van der Waals surface area (Å²) in [4.78, 5) is 51.2. The molecule has 59 heavy (non-hydrogen) atoms. The van der Waals surface area contributed by atoms with Gasteiger partial charge in [0.25, 0.3) is 0 Å². The fraction of sp³-hybridized carbons (Fsp3) is 0.0714. The summed E-state index contributed by atoms with van der Waals surface area (Å²) in [6.45, 7) is -0.414. The number of hydrogen-bond donors (Lipinski definition) is 0. The zero-order chi connectivity index (χ0) is 41.0. The van der Waals surface area contributed by atoms with Crippen molar-refractivity contribution in [2.45, 2.75) is 19.8 Å². The highest BCUT2D eigenvalue weighted by Gasteiger charge is 2.33. The van der Waals surface area contributed by atoms with Crippen molar-refractivity contribution in [3.63, 3.8) is 0 Å². The van der Waals surface area contributed by atoms with Gasteiger partial charge < -0.3 is 14.2 Å². The topological polar surface area (TPSA) is 214 Å². The van der Waals surface area contributed by atoms with Gasteiger partial charge in [0, 0.05) is 12.1 Å². The number of aromatic nitrogens is 3. The van der Waals surface area contributed by atoms with Crippen LogP contribution in [0.4, 0.5) is 26.0 Å². The third kappa shape index (κ3) is 7.03. The highest BCUT2D eigenvalue weighted by atomic mass is 32.1. The number of thiophene rings is 2. The first-order valence-electron chi connectivity index (χ1n) is 17.4. The van der Waals surface area contributed by atoms with E-state index < -0.39 is 29.7 Å². The molecule has 0 aliphatic carbocycles. The zero-order valence-corrected chi connectivity index (χ0v) is 31.9. The van der Waals surface area contributed by atoms with Gasteiger partial charge in [0.2, 0.25) is 11.4 Å². The standard InChI is InChI=1S/C42H23N9O6S2/c43-18-28(19-44)47-32-16-30-34(49(32)40(52)55-22-25-10-4-1-5-11-25)36-38(58-30)39-37(51(36)42(54)57-24-27-14-8-3-9-15-27)35-31(59-39)17-33(48-29(20-45)21-46)50(35)41(53)56-23-26-12-6-2-7-13-26/h1-17H,22-24H2. The van der Waals surface area contributed by atoms with Crippen molar-refractivity contribution in [2.75, 3.05) is 0 Å². The molecule has 0 atom stereocenters. The number of benzene rings is 3. The van der Waals surface area contributed by atoms with Crippen LogP contribution in [0.3, 0.4) is 0 Å². The molecule has 5 heterocycles. The van der Waals surface area contributed by atoms with Crippen LogP contribution in [0.25, 0.3) is 40.9 Å². The maximum atomic E-state index is 14.6. The van der Waals surface area contributed by atoms with Crippen LogP contribution in [-0.4, -0.2) is 43.4 Å². The van der Waals surface area contributed by atoms with Gasteiger partial charge in [-0.15, -0.1) is 22.7 Å². The largest absolute Gasteiger partial charge is 0.444 e. The molecule has 0 amide bonds. The lowest BCUT2D eigenvalue weighted by Crippen LogP contribution is -2.17. The molecule has 0 radical (unpaired) electrons. The molecule has 0 spiro atoms. The van der Waals surface area contributed by atoms with Crippen LogP contribution >= 0.6 is 22.7 Å². The van der Waals surface area contributed by atoms with Gasteiger partial charge in [-0.25, -0.2) is 38.1 Å². The summed E-state index contributed by atoms with van der Waals surface area (Å²) in [5.74, 6) is -0.207. The van der Waals surface area contributed by atoms with E-state index in [9.17, 15) is 35.4 Å². The Morgan fingerprint density at radius 1 is 0.492 bits per heavy atom. The smallest absolute Gasteiger partial charge is 0.420 e. The lowest BCUT2D eigenvalue weighted by molar-refractivity contribution is 0.141. The van der Waals surface area contributed by atoms with E-state index in [1.165, 1.54) is 39.4 Å². The molecular weight excluding hydrogens is 791 g/mol. The normalized spacial score (nSPS) is 10.7. The minimum atomic E-state index is -0.915. The van der Waals surface area contributed by atoms with E-state index in [0.29, 0.717) is 35.5 Å². The Bertz CT molecular complexity index is 3000. The average Bonchev–Trinajstić information content (AvgIpc) is 4.06. The van der Waals surface area contributed by atoms with Gasteiger partial charge in [0.1, 0.15) is 55.7 Å². The van der Waals surface area contributed by atoms with E-state index in [1.807, 2.05) is 18.2 Å². The van der Waals surface area contributed by atoms with Gasteiger partial charge in [-0.1, -0.05) is 91.0 Å². The van der Waals surface area contributed by atoms with Gasteiger partial charge >= 0.3 is 18.3 Å². The molecule has 0 aliphatic rings. The Morgan fingerprint density at radius 2 is 0.814 bits per heavy atom. The van der Waals surface area contributed by atoms with Gasteiger partial charge in [-0.05, 0) is 16.7 Å². The van der Waals surface area contributed by atoms with Gasteiger partial charge in [0.15, 0.2) is 0 Å². The number of carbonyl (C=O) groups excluding carboxylic acids is 3. The molecule has 284 valence electrons. The fourth-order valence-corrected chi connectivity index (χ4v) is 8.90. The molecule has 5 aromatic heterocycles. The molecule has 0 aliphatic heterocycles. The number of hydrogen-bond acceptors (Lipinski definition) is 14. The quantitative estimate of drug-likeness (QED) is 0.105. The average molecular weight is 814 g/mol. The molecule has 8 rings (SSSR count). The number of nitrogens with zero attached hydrogens (tertiary/aromatic N) is 9. The highest BCUT2D eigenvalue weighted by molar-refractivity contribution is 7.33. The maximum Gasteiger partial charge on any atom is 0.420 e. The van der Waals surface area contributed by atoms with Crippen molar-refractivity contribution >= 4 is 105 Å². The minimum absolute atomic E-state index is 0.103. The Morgan fingerprint density at radius 3 is 1.14 bits per heavy atom. The number of rotatable bonds is 8. The SMILES string of the molecule is N#CC(C#N)=Nc1cc2sc3c4sc5cc(N=C(C#N)C#N)n(C(=O)OCc6ccccc6)c5c4n(C(=O)OCc4ccccc4)c3c2n1C(=O)OCc1ccccc1. The Kier molecular flexibility index (Phi) is 10.2. The molecule has 0 bridgehead atoms. The maximum absolute atomic E-state index is 14.6. The first kappa shape index (κ1) is 37.6. The second kappa shape index (κ2) is 16.0. The van der Waals surface area contributed by atoms with E-state index in [-0.39, 0.29) is 53.5 Å².